The van der Waals surface area contributed by atoms with Gasteiger partial charge in [0.2, 0.25) is 5.78 Å². The van der Waals surface area contributed by atoms with E-state index >= 15 is 0 Å². The number of hydrogen-bond donors (Lipinski definition) is 0. The zero-order valence-electron chi connectivity index (χ0n) is 14.7. The number of piperidine rings is 1. The van der Waals surface area contributed by atoms with Crippen LogP contribution in [0.15, 0.2) is 60.7 Å². The summed E-state index contributed by atoms with van der Waals surface area (Å²) in [6.07, 6.45) is 3.98. The Morgan fingerprint density at radius 2 is 1.69 bits per heavy atom. The molecular formula is C22H22FNO2. The number of nitrogens with zero attached hydrogens (tertiary/aromatic N) is 1. The molecular weight excluding hydrogens is 329 g/mol. The molecule has 2 heterocycles. The quantitative estimate of drug-likeness (QED) is 0.838. The van der Waals surface area contributed by atoms with Gasteiger partial charge in [-0.15, -0.1) is 0 Å². The molecule has 0 bridgehead atoms. The standard InChI is InChI=1S/C22H22FNO2/c23-19-8-6-18(7-9-19)20-16-21(25)22(26-20)11-14-24(15-12-22)13-10-17-4-2-1-3-5-17/h1-9,16H,10-15H2. The van der Waals surface area contributed by atoms with Crippen molar-refractivity contribution in [2.75, 3.05) is 19.6 Å². The predicted molar refractivity (Wildman–Crippen MR) is 99.0 cm³/mol. The molecule has 1 spiro atoms. The molecule has 0 atom stereocenters. The van der Waals surface area contributed by atoms with Gasteiger partial charge in [0.05, 0.1) is 0 Å². The fourth-order valence-electron chi connectivity index (χ4n) is 3.72. The number of hydrogen-bond acceptors (Lipinski definition) is 3. The van der Waals surface area contributed by atoms with Gasteiger partial charge in [0.25, 0.3) is 0 Å². The summed E-state index contributed by atoms with van der Waals surface area (Å²) in [5, 5.41) is 0. The van der Waals surface area contributed by atoms with Crippen molar-refractivity contribution >= 4 is 11.5 Å². The van der Waals surface area contributed by atoms with Gasteiger partial charge in [0.15, 0.2) is 5.60 Å². The Morgan fingerprint density at radius 1 is 1.00 bits per heavy atom. The van der Waals surface area contributed by atoms with Gasteiger partial charge in [-0.05, 0) is 36.2 Å². The average molecular weight is 351 g/mol. The van der Waals surface area contributed by atoms with E-state index in [1.54, 1.807) is 18.2 Å². The molecule has 2 aromatic carbocycles. The molecule has 0 aliphatic carbocycles. The van der Waals surface area contributed by atoms with Crippen molar-refractivity contribution < 1.29 is 13.9 Å². The summed E-state index contributed by atoms with van der Waals surface area (Å²) in [6.45, 7) is 2.69. The molecule has 0 saturated carbocycles. The van der Waals surface area contributed by atoms with Crippen molar-refractivity contribution in [2.45, 2.75) is 24.9 Å². The number of halogens is 1. The zero-order valence-corrected chi connectivity index (χ0v) is 14.7. The first-order valence-corrected chi connectivity index (χ1v) is 9.12. The largest absolute Gasteiger partial charge is 0.478 e. The van der Waals surface area contributed by atoms with Crippen molar-refractivity contribution in [1.82, 2.24) is 4.90 Å². The number of likely N-dealkylation sites (tertiary alicyclic amines) is 1. The smallest absolute Gasteiger partial charge is 0.203 e. The van der Waals surface area contributed by atoms with Gasteiger partial charge in [0, 0.05) is 44.1 Å². The second-order valence-corrected chi connectivity index (χ2v) is 7.05. The van der Waals surface area contributed by atoms with Crippen molar-refractivity contribution in [1.29, 1.82) is 0 Å². The summed E-state index contributed by atoms with van der Waals surface area (Å²) in [4.78, 5) is 15.0. The SMILES string of the molecule is O=C1C=C(c2ccc(F)cc2)OC12CCN(CCc1ccccc1)CC2. The van der Waals surface area contributed by atoms with Crippen LogP contribution in [-0.2, 0) is 16.0 Å². The average Bonchev–Trinajstić information content (AvgIpc) is 2.99. The normalized spacial score (nSPS) is 19.4. The summed E-state index contributed by atoms with van der Waals surface area (Å²) in [5.41, 5.74) is 1.36. The molecule has 0 unspecified atom stereocenters. The van der Waals surface area contributed by atoms with Crippen LogP contribution in [0.2, 0.25) is 0 Å². The molecule has 4 rings (SSSR count). The Kier molecular flexibility index (Phi) is 4.60. The topological polar surface area (TPSA) is 29.5 Å². The van der Waals surface area contributed by atoms with E-state index in [9.17, 15) is 9.18 Å². The van der Waals surface area contributed by atoms with E-state index < -0.39 is 5.60 Å². The third-order valence-electron chi connectivity index (χ3n) is 5.37. The Balaban J connectivity index is 1.35. The summed E-state index contributed by atoms with van der Waals surface area (Å²) in [5.74, 6) is 0.312. The summed E-state index contributed by atoms with van der Waals surface area (Å²) < 4.78 is 19.2. The molecule has 2 aromatic rings. The van der Waals surface area contributed by atoms with E-state index in [2.05, 4.69) is 29.2 Å². The van der Waals surface area contributed by atoms with Crippen LogP contribution in [0, 0.1) is 5.82 Å². The van der Waals surface area contributed by atoms with E-state index in [0.717, 1.165) is 31.6 Å². The molecule has 0 N–H and O–H groups in total. The lowest BCUT2D eigenvalue weighted by Gasteiger charge is -2.38. The molecule has 2 aliphatic rings. The van der Waals surface area contributed by atoms with Gasteiger partial charge < -0.3 is 9.64 Å². The highest BCUT2D eigenvalue weighted by molar-refractivity contribution is 6.05. The van der Waals surface area contributed by atoms with Crippen LogP contribution in [-0.4, -0.2) is 35.9 Å². The van der Waals surface area contributed by atoms with E-state index in [1.807, 2.05) is 6.07 Å². The summed E-state index contributed by atoms with van der Waals surface area (Å²) in [7, 11) is 0. The Hall–Kier alpha value is -2.46. The minimum Gasteiger partial charge on any atom is -0.478 e. The Labute approximate surface area is 153 Å². The molecule has 0 aromatic heterocycles. The van der Waals surface area contributed by atoms with Crippen molar-refractivity contribution in [2.24, 2.45) is 0 Å². The predicted octanol–water partition coefficient (Wildman–Crippen LogP) is 3.84. The lowest BCUT2D eigenvalue weighted by atomic mass is 9.88. The first-order chi connectivity index (χ1) is 12.6. The molecule has 1 saturated heterocycles. The molecule has 3 nitrogen and oxygen atoms in total. The molecule has 0 radical (unpaired) electrons. The third-order valence-corrected chi connectivity index (χ3v) is 5.37. The van der Waals surface area contributed by atoms with E-state index in [1.165, 1.54) is 17.7 Å². The highest BCUT2D eigenvalue weighted by atomic mass is 19.1. The van der Waals surface area contributed by atoms with Crippen LogP contribution < -0.4 is 0 Å². The molecule has 2 aliphatic heterocycles. The maximum Gasteiger partial charge on any atom is 0.203 e. The van der Waals surface area contributed by atoms with Gasteiger partial charge >= 0.3 is 0 Å². The van der Waals surface area contributed by atoms with Crippen LogP contribution in [0.1, 0.15) is 24.0 Å². The van der Waals surface area contributed by atoms with E-state index in [0.29, 0.717) is 18.6 Å². The molecule has 1 fully saturated rings. The number of carbonyl (C=O) groups is 1. The van der Waals surface area contributed by atoms with E-state index in [4.69, 9.17) is 4.74 Å². The fraction of sp³-hybridized carbons (Fsp3) is 0.318. The first-order valence-electron chi connectivity index (χ1n) is 9.12. The van der Waals surface area contributed by atoms with Crippen LogP contribution >= 0.6 is 0 Å². The third kappa shape index (κ3) is 3.42. The number of ketones is 1. The number of benzene rings is 2. The van der Waals surface area contributed by atoms with Gasteiger partial charge in [0.1, 0.15) is 11.6 Å². The maximum atomic E-state index is 13.1. The molecule has 134 valence electrons. The molecule has 4 heteroatoms. The fourth-order valence-corrected chi connectivity index (χ4v) is 3.72. The lowest BCUT2D eigenvalue weighted by Crippen LogP contribution is -2.48. The minimum absolute atomic E-state index is 0.0412. The number of carbonyl (C=O) groups excluding carboxylic acids is 1. The highest BCUT2D eigenvalue weighted by Crippen LogP contribution is 2.38. The van der Waals surface area contributed by atoms with Crippen LogP contribution in [0.4, 0.5) is 4.39 Å². The monoisotopic (exact) mass is 351 g/mol. The van der Waals surface area contributed by atoms with E-state index in [-0.39, 0.29) is 11.6 Å². The van der Waals surface area contributed by atoms with Gasteiger partial charge in [-0.25, -0.2) is 4.39 Å². The number of rotatable bonds is 4. The zero-order chi connectivity index (χ0) is 18.0. The summed E-state index contributed by atoms with van der Waals surface area (Å²) >= 11 is 0. The van der Waals surface area contributed by atoms with Crippen LogP contribution in [0.5, 0.6) is 0 Å². The van der Waals surface area contributed by atoms with Crippen molar-refractivity contribution in [3.8, 4) is 0 Å². The van der Waals surface area contributed by atoms with Gasteiger partial charge in [-0.2, -0.15) is 0 Å². The maximum absolute atomic E-state index is 13.1. The Morgan fingerprint density at radius 3 is 2.38 bits per heavy atom. The van der Waals surface area contributed by atoms with Crippen LogP contribution in [0.25, 0.3) is 5.76 Å². The highest BCUT2D eigenvalue weighted by Gasteiger charge is 2.46. The molecule has 0 amide bonds. The van der Waals surface area contributed by atoms with Crippen LogP contribution in [0.3, 0.4) is 0 Å². The second kappa shape index (κ2) is 7.04. The van der Waals surface area contributed by atoms with Crippen molar-refractivity contribution in [3.05, 3.63) is 77.6 Å². The Bertz CT molecular complexity index is 806. The first kappa shape index (κ1) is 17.0. The second-order valence-electron chi connectivity index (χ2n) is 7.05. The minimum atomic E-state index is -0.729. The van der Waals surface area contributed by atoms with Gasteiger partial charge in [-0.1, -0.05) is 30.3 Å². The number of ether oxygens (including phenoxy) is 1. The summed E-state index contributed by atoms with van der Waals surface area (Å²) in [6, 6.07) is 16.5. The molecule has 26 heavy (non-hydrogen) atoms. The van der Waals surface area contributed by atoms with Crippen molar-refractivity contribution in [3.63, 3.8) is 0 Å². The lowest BCUT2D eigenvalue weighted by molar-refractivity contribution is -0.132. The van der Waals surface area contributed by atoms with Gasteiger partial charge in [-0.3, -0.25) is 4.79 Å².